The van der Waals surface area contributed by atoms with Gasteiger partial charge in [0.15, 0.2) is 5.17 Å². The van der Waals surface area contributed by atoms with Crippen LogP contribution in [0, 0.1) is 0 Å². The lowest BCUT2D eigenvalue weighted by molar-refractivity contribution is -0.116. The molecule has 0 aliphatic carbocycles. The molecule has 1 amide bonds. The summed E-state index contributed by atoms with van der Waals surface area (Å²) in [6, 6.07) is 4.88. The molecule has 32 heavy (non-hydrogen) atoms. The fourth-order valence-corrected chi connectivity index (χ4v) is 5.19. The number of thioether (sulfide) groups is 1. The molecular formula is C22H30N4O5S. The van der Waals surface area contributed by atoms with Crippen LogP contribution in [0.3, 0.4) is 0 Å². The quantitative estimate of drug-likeness (QED) is 0.660. The van der Waals surface area contributed by atoms with Crippen LogP contribution < -0.4 is 5.32 Å². The molecule has 2 fully saturated rings. The van der Waals surface area contributed by atoms with Crippen LogP contribution in [0.25, 0.3) is 0 Å². The summed E-state index contributed by atoms with van der Waals surface area (Å²) in [6.45, 7) is 3.92. The summed E-state index contributed by atoms with van der Waals surface area (Å²) in [6.07, 6.45) is 1.04. The number of aliphatic imine (C=N–C) groups is 1. The van der Waals surface area contributed by atoms with E-state index in [2.05, 4.69) is 20.1 Å². The summed E-state index contributed by atoms with van der Waals surface area (Å²) in [5, 5.41) is 3.76. The van der Waals surface area contributed by atoms with E-state index >= 15 is 0 Å². The van der Waals surface area contributed by atoms with Crippen molar-refractivity contribution in [2.24, 2.45) is 4.99 Å². The van der Waals surface area contributed by atoms with Crippen LogP contribution in [0.4, 0.5) is 5.69 Å². The molecule has 3 heterocycles. The fourth-order valence-electron chi connectivity index (χ4n) is 4.11. The van der Waals surface area contributed by atoms with E-state index in [1.54, 1.807) is 31.0 Å². The van der Waals surface area contributed by atoms with E-state index < -0.39 is 12.0 Å². The van der Waals surface area contributed by atoms with Gasteiger partial charge in [-0.3, -0.25) is 4.79 Å². The minimum absolute atomic E-state index is 0.128. The summed E-state index contributed by atoms with van der Waals surface area (Å²) in [5.41, 5.74) is 1.62. The van der Waals surface area contributed by atoms with Gasteiger partial charge in [0.2, 0.25) is 5.91 Å². The van der Waals surface area contributed by atoms with Gasteiger partial charge in [-0.25, -0.2) is 9.79 Å². The van der Waals surface area contributed by atoms with E-state index in [9.17, 15) is 9.59 Å². The molecule has 0 bridgehead atoms. The van der Waals surface area contributed by atoms with Crippen LogP contribution in [0.2, 0.25) is 0 Å². The van der Waals surface area contributed by atoms with Crippen molar-refractivity contribution in [2.45, 2.75) is 24.7 Å². The maximum Gasteiger partial charge on any atom is 0.339 e. The van der Waals surface area contributed by atoms with E-state index in [1.807, 2.05) is 13.1 Å². The average Bonchev–Trinajstić information content (AvgIpc) is 3.48. The normalized spacial score (nSPS) is 26.2. The number of amides is 1. The number of hydrogen-bond donors (Lipinski definition) is 1. The van der Waals surface area contributed by atoms with Crippen LogP contribution in [0.5, 0.6) is 0 Å². The molecule has 3 atom stereocenters. The Balaban J connectivity index is 1.47. The largest absolute Gasteiger partial charge is 0.465 e. The van der Waals surface area contributed by atoms with Crippen molar-refractivity contribution in [3.8, 4) is 0 Å². The maximum atomic E-state index is 12.9. The van der Waals surface area contributed by atoms with Gasteiger partial charge in [0.05, 0.1) is 37.2 Å². The first-order chi connectivity index (χ1) is 15.5. The number of nitrogens with one attached hydrogen (secondary N) is 1. The zero-order valence-corrected chi connectivity index (χ0v) is 19.5. The molecule has 0 spiro atoms. The Kier molecular flexibility index (Phi) is 7.34. The second-order valence-corrected chi connectivity index (χ2v) is 9.23. The molecular weight excluding hydrogens is 432 g/mol. The third kappa shape index (κ3) is 5.09. The van der Waals surface area contributed by atoms with Crippen molar-refractivity contribution in [3.63, 3.8) is 0 Å². The van der Waals surface area contributed by atoms with Crippen molar-refractivity contribution in [2.75, 3.05) is 65.1 Å². The lowest BCUT2D eigenvalue weighted by Crippen LogP contribution is -2.35. The Morgan fingerprint density at radius 2 is 2.09 bits per heavy atom. The number of carbonyl (C=O) groups is 2. The highest BCUT2D eigenvalue weighted by Crippen LogP contribution is 2.29. The van der Waals surface area contributed by atoms with Gasteiger partial charge in [0, 0.05) is 39.0 Å². The van der Waals surface area contributed by atoms with Gasteiger partial charge in [0.1, 0.15) is 6.04 Å². The number of rotatable bonds is 5. The number of nitrogens with zero attached hydrogens (tertiary/aromatic N) is 3. The Morgan fingerprint density at radius 1 is 1.25 bits per heavy atom. The number of anilines is 1. The number of amidine groups is 1. The SMILES string of the molecule is COC(=O)c1cc(C2CN(C)CCO2)ccc1NC(=O)C1CSC(N2CC[C@H](OC)C2)=N1. The molecule has 10 heteroatoms. The van der Waals surface area contributed by atoms with Crippen LogP contribution in [0.15, 0.2) is 23.2 Å². The Morgan fingerprint density at radius 3 is 2.81 bits per heavy atom. The van der Waals surface area contributed by atoms with Gasteiger partial charge in [-0.15, -0.1) is 0 Å². The number of methoxy groups -OCH3 is 2. The molecule has 1 aromatic rings. The van der Waals surface area contributed by atoms with Crippen LogP contribution in [-0.2, 0) is 19.0 Å². The van der Waals surface area contributed by atoms with Gasteiger partial charge in [-0.1, -0.05) is 17.8 Å². The summed E-state index contributed by atoms with van der Waals surface area (Å²) in [4.78, 5) is 34.4. The first-order valence-corrected chi connectivity index (χ1v) is 11.8. The smallest absolute Gasteiger partial charge is 0.339 e. The molecule has 2 unspecified atom stereocenters. The highest BCUT2D eigenvalue weighted by atomic mass is 32.2. The summed E-state index contributed by atoms with van der Waals surface area (Å²) in [7, 11) is 5.09. The number of carbonyl (C=O) groups excluding carboxylic acids is 2. The van der Waals surface area contributed by atoms with Crippen LogP contribution in [-0.4, -0.2) is 98.8 Å². The molecule has 1 aromatic carbocycles. The van der Waals surface area contributed by atoms with Gasteiger partial charge >= 0.3 is 5.97 Å². The number of hydrogen-bond acceptors (Lipinski definition) is 9. The topological polar surface area (TPSA) is 92.7 Å². The minimum atomic E-state index is -0.503. The highest BCUT2D eigenvalue weighted by Gasteiger charge is 2.32. The molecule has 9 nitrogen and oxygen atoms in total. The summed E-state index contributed by atoms with van der Waals surface area (Å²) >= 11 is 1.58. The molecule has 4 rings (SSSR count). The van der Waals surface area contributed by atoms with Crippen molar-refractivity contribution in [1.29, 1.82) is 0 Å². The van der Waals surface area contributed by atoms with Crippen molar-refractivity contribution in [1.82, 2.24) is 9.80 Å². The Labute approximate surface area is 192 Å². The third-order valence-electron chi connectivity index (χ3n) is 6.04. The molecule has 0 saturated carbocycles. The number of ether oxygens (including phenoxy) is 3. The molecule has 3 aliphatic rings. The molecule has 1 N–H and O–H groups in total. The molecule has 174 valence electrons. The number of morpholine rings is 1. The van der Waals surface area contributed by atoms with E-state index in [1.165, 1.54) is 7.11 Å². The maximum absolute atomic E-state index is 12.9. The number of esters is 1. The first-order valence-electron chi connectivity index (χ1n) is 10.8. The molecule has 0 radical (unpaired) electrons. The second kappa shape index (κ2) is 10.2. The minimum Gasteiger partial charge on any atom is -0.465 e. The van der Waals surface area contributed by atoms with Gasteiger partial charge in [-0.2, -0.15) is 0 Å². The molecule has 2 saturated heterocycles. The zero-order chi connectivity index (χ0) is 22.7. The van der Waals surface area contributed by atoms with E-state index in [0.717, 1.165) is 43.3 Å². The Bertz CT molecular complexity index is 895. The first kappa shape index (κ1) is 23.0. The number of likely N-dealkylation sites (tertiary alicyclic amines) is 1. The second-order valence-electron chi connectivity index (χ2n) is 8.24. The van der Waals surface area contributed by atoms with Crippen molar-refractivity contribution < 1.29 is 23.8 Å². The predicted molar refractivity (Wildman–Crippen MR) is 123 cm³/mol. The van der Waals surface area contributed by atoms with Gasteiger partial charge in [0.25, 0.3) is 0 Å². The number of benzene rings is 1. The van der Waals surface area contributed by atoms with E-state index in [0.29, 0.717) is 23.6 Å². The van der Waals surface area contributed by atoms with Crippen LogP contribution in [0.1, 0.15) is 28.4 Å². The average molecular weight is 463 g/mol. The van der Waals surface area contributed by atoms with Crippen molar-refractivity contribution in [3.05, 3.63) is 29.3 Å². The summed E-state index contributed by atoms with van der Waals surface area (Å²) < 4.78 is 16.2. The zero-order valence-electron chi connectivity index (χ0n) is 18.7. The lowest BCUT2D eigenvalue weighted by Gasteiger charge is -2.30. The Hall–Kier alpha value is -2.14. The fraction of sp³-hybridized carbons (Fsp3) is 0.591. The molecule has 3 aliphatic heterocycles. The monoisotopic (exact) mass is 462 g/mol. The van der Waals surface area contributed by atoms with Gasteiger partial charge < -0.3 is 29.3 Å². The van der Waals surface area contributed by atoms with Crippen LogP contribution >= 0.6 is 11.8 Å². The lowest BCUT2D eigenvalue weighted by atomic mass is 10.0. The standard InChI is InChI=1S/C22H30N4O5S/c1-25-8-9-31-19(12-25)14-4-5-17(16(10-14)21(28)30-3)23-20(27)18-13-32-22(24-18)26-7-6-15(11-26)29-2/h4-5,10,15,18-19H,6-9,11-13H2,1-3H3,(H,23,27)/t15-,18?,19?/m0/s1. The number of likely N-dealkylation sites (N-methyl/N-ethyl adjacent to an activating group) is 1. The predicted octanol–water partition coefficient (Wildman–Crippen LogP) is 1.61. The van der Waals surface area contributed by atoms with Gasteiger partial charge in [-0.05, 0) is 31.2 Å². The van der Waals surface area contributed by atoms with E-state index in [4.69, 9.17) is 14.2 Å². The summed E-state index contributed by atoms with van der Waals surface area (Å²) in [5.74, 6) is -0.163. The molecule has 0 aromatic heterocycles. The van der Waals surface area contributed by atoms with E-state index in [-0.39, 0.29) is 18.1 Å². The highest BCUT2D eigenvalue weighted by molar-refractivity contribution is 8.14. The van der Waals surface area contributed by atoms with Crippen molar-refractivity contribution >= 4 is 34.5 Å². The third-order valence-corrected chi connectivity index (χ3v) is 7.14.